The molecule has 1 aromatic carbocycles. The molecule has 0 aliphatic rings. The minimum absolute atomic E-state index is 0.0886. The highest BCUT2D eigenvalue weighted by Crippen LogP contribution is 2.29. The topological polar surface area (TPSA) is 43.0 Å². The third-order valence-corrected chi connectivity index (χ3v) is 4.03. The lowest BCUT2D eigenvalue weighted by Crippen LogP contribution is -2.06. The molecule has 3 rings (SSSR count). The normalized spacial score (nSPS) is 12.8. The lowest BCUT2D eigenvalue weighted by molar-refractivity contribution is 0.526. The Hall–Kier alpha value is -1.75. The van der Waals surface area contributed by atoms with Crippen molar-refractivity contribution >= 4 is 32.6 Å². The van der Waals surface area contributed by atoms with E-state index >= 15 is 0 Å². The Morgan fingerprint density at radius 3 is 2.95 bits per heavy atom. The van der Waals surface area contributed by atoms with E-state index in [2.05, 4.69) is 52.3 Å². The predicted molar refractivity (Wildman–Crippen MR) is 88.5 cm³/mol. The monoisotopic (exact) mass is 347 g/mol. The number of benzene rings is 1. The van der Waals surface area contributed by atoms with Crippen molar-refractivity contribution in [2.75, 3.05) is 5.32 Å². The van der Waals surface area contributed by atoms with Gasteiger partial charge in [-0.25, -0.2) is 0 Å². The van der Waals surface area contributed by atoms with Crippen LogP contribution >= 0.6 is 15.9 Å². The van der Waals surface area contributed by atoms with Crippen LogP contribution < -0.4 is 5.32 Å². The molecule has 21 heavy (non-hydrogen) atoms. The maximum absolute atomic E-state index is 5.93. The summed E-state index contributed by atoms with van der Waals surface area (Å²) >= 11 is 3.49. The standard InChI is InChI=1S/C16H18BrN3O/c1-4-13-14(9-20(3)19-13)18-10(2)16-8-11-7-12(17)5-6-15(11)21-16/h5-10,18H,4H2,1-3H3. The van der Waals surface area contributed by atoms with Crippen molar-refractivity contribution < 1.29 is 4.42 Å². The fourth-order valence-electron chi connectivity index (χ4n) is 2.47. The van der Waals surface area contributed by atoms with Gasteiger partial charge < -0.3 is 9.73 Å². The average Bonchev–Trinajstić information content (AvgIpc) is 3.01. The van der Waals surface area contributed by atoms with Crippen molar-refractivity contribution in [3.8, 4) is 0 Å². The summed E-state index contributed by atoms with van der Waals surface area (Å²) in [5, 5.41) is 9.04. The van der Waals surface area contributed by atoms with E-state index in [1.807, 2.05) is 30.1 Å². The summed E-state index contributed by atoms with van der Waals surface area (Å²) in [6, 6.07) is 8.21. The highest BCUT2D eigenvalue weighted by Gasteiger charge is 2.14. The summed E-state index contributed by atoms with van der Waals surface area (Å²) in [7, 11) is 1.94. The van der Waals surface area contributed by atoms with Gasteiger partial charge in [-0.05, 0) is 37.6 Å². The molecule has 0 amide bonds. The number of fused-ring (bicyclic) bond motifs is 1. The molecule has 0 aliphatic heterocycles. The maximum Gasteiger partial charge on any atom is 0.134 e. The van der Waals surface area contributed by atoms with Crippen LogP contribution in [0.4, 0.5) is 5.69 Å². The summed E-state index contributed by atoms with van der Waals surface area (Å²) < 4.78 is 8.82. The Kier molecular flexibility index (Phi) is 3.76. The number of hydrogen-bond donors (Lipinski definition) is 1. The second kappa shape index (κ2) is 5.56. The number of halogens is 1. The second-order valence-electron chi connectivity index (χ2n) is 5.21. The lowest BCUT2D eigenvalue weighted by atomic mass is 10.2. The first kappa shape index (κ1) is 14.2. The molecule has 1 atom stereocenters. The van der Waals surface area contributed by atoms with E-state index in [-0.39, 0.29) is 6.04 Å². The van der Waals surface area contributed by atoms with Crippen LogP contribution in [0.1, 0.15) is 31.3 Å². The van der Waals surface area contributed by atoms with Crippen LogP contribution in [0.2, 0.25) is 0 Å². The van der Waals surface area contributed by atoms with Gasteiger partial charge in [-0.2, -0.15) is 5.10 Å². The number of rotatable bonds is 4. The molecule has 0 radical (unpaired) electrons. The van der Waals surface area contributed by atoms with E-state index in [4.69, 9.17) is 4.42 Å². The van der Waals surface area contributed by atoms with Crippen LogP contribution in [0, 0.1) is 0 Å². The van der Waals surface area contributed by atoms with Crippen molar-refractivity contribution in [1.29, 1.82) is 0 Å². The number of nitrogens with one attached hydrogen (secondary N) is 1. The van der Waals surface area contributed by atoms with E-state index in [9.17, 15) is 0 Å². The largest absolute Gasteiger partial charge is 0.459 e. The fraction of sp³-hybridized carbons (Fsp3) is 0.312. The van der Waals surface area contributed by atoms with Crippen LogP contribution in [-0.2, 0) is 13.5 Å². The first-order chi connectivity index (χ1) is 10.1. The predicted octanol–water partition coefficient (Wildman–Crippen LogP) is 4.66. The number of furan rings is 1. The minimum Gasteiger partial charge on any atom is -0.459 e. The van der Waals surface area contributed by atoms with Crippen LogP contribution in [-0.4, -0.2) is 9.78 Å². The fourth-order valence-corrected chi connectivity index (χ4v) is 2.85. The molecule has 0 aliphatic carbocycles. The van der Waals surface area contributed by atoms with Crippen molar-refractivity contribution in [2.45, 2.75) is 26.3 Å². The Labute approximate surface area is 132 Å². The SMILES string of the molecule is CCc1nn(C)cc1NC(C)c1cc2cc(Br)ccc2o1. The number of aryl methyl sites for hydroxylation is 2. The molecule has 1 unspecified atom stereocenters. The van der Waals surface area contributed by atoms with Gasteiger partial charge in [0.15, 0.2) is 0 Å². The van der Waals surface area contributed by atoms with Crippen LogP contribution in [0.15, 0.2) is 39.4 Å². The van der Waals surface area contributed by atoms with E-state index in [1.54, 1.807) is 0 Å². The molecule has 2 aromatic heterocycles. The Balaban J connectivity index is 1.87. The zero-order valence-corrected chi connectivity index (χ0v) is 13.9. The summed E-state index contributed by atoms with van der Waals surface area (Å²) in [6.45, 7) is 4.20. The zero-order chi connectivity index (χ0) is 15.0. The van der Waals surface area contributed by atoms with Crippen molar-refractivity contribution in [1.82, 2.24) is 9.78 Å². The maximum atomic E-state index is 5.93. The molecule has 0 fully saturated rings. The molecule has 110 valence electrons. The summed E-state index contributed by atoms with van der Waals surface area (Å²) in [6.07, 6.45) is 2.91. The molecule has 5 heteroatoms. The quantitative estimate of drug-likeness (QED) is 0.745. The van der Waals surface area contributed by atoms with Gasteiger partial charge in [-0.3, -0.25) is 4.68 Å². The Morgan fingerprint density at radius 1 is 1.38 bits per heavy atom. The lowest BCUT2D eigenvalue weighted by Gasteiger charge is -2.11. The first-order valence-electron chi connectivity index (χ1n) is 7.05. The van der Waals surface area contributed by atoms with E-state index in [0.717, 1.165) is 39.0 Å². The summed E-state index contributed by atoms with van der Waals surface area (Å²) in [5.74, 6) is 0.925. The number of aromatic nitrogens is 2. The van der Waals surface area contributed by atoms with Gasteiger partial charge in [0, 0.05) is 23.1 Å². The molecule has 0 saturated heterocycles. The summed E-state index contributed by atoms with van der Waals surface area (Å²) in [4.78, 5) is 0. The van der Waals surface area contributed by atoms with Gasteiger partial charge in [0.05, 0.1) is 17.4 Å². The van der Waals surface area contributed by atoms with Crippen LogP contribution in [0.25, 0.3) is 11.0 Å². The van der Waals surface area contributed by atoms with Crippen LogP contribution in [0.3, 0.4) is 0 Å². The zero-order valence-electron chi connectivity index (χ0n) is 12.4. The van der Waals surface area contributed by atoms with Crippen molar-refractivity contribution in [3.05, 3.63) is 46.4 Å². The van der Waals surface area contributed by atoms with Gasteiger partial charge in [-0.1, -0.05) is 22.9 Å². The van der Waals surface area contributed by atoms with Crippen molar-refractivity contribution in [3.63, 3.8) is 0 Å². The Bertz CT molecular complexity index is 775. The number of nitrogens with zero attached hydrogens (tertiary/aromatic N) is 2. The number of hydrogen-bond acceptors (Lipinski definition) is 3. The second-order valence-corrected chi connectivity index (χ2v) is 6.13. The molecule has 2 heterocycles. The highest BCUT2D eigenvalue weighted by atomic mass is 79.9. The smallest absolute Gasteiger partial charge is 0.134 e. The first-order valence-corrected chi connectivity index (χ1v) is 7.84. The molecule has 3 aromatic rings. The molecule has 0 saturated carbocycles. The van der Waals surface area contributed by atoms with Crippen molar-refractivity contribution in [2.24, 2.45) is 7.05 Å². The molecule has 0 bridgehead atoms. The minimum atomic E-state index is 0.0886. The molecule has 1 N–H and O–H groups in total. The number of anilines is 1. The van der Waals surface area contributed by atoms with Gasteiger partial charge >= 0.3 is 0 Å². The van der Waals surface area contributed by atoms with Gasteiger partial charge in [0.1, 0.15) is 11.3 Å². The van der Waals surface area contributed by atoms with E-state index in [0.29, 0.717) is 0 Å². The Morgan fingerprint density at radius 2 is 2.19 bits per heavy atom. The third-order valence-electron chi connectivity index (χ3n) is 3.54. The third kappa shape index (κ3) is 2.83. The molecular formula is C16H18BrN3O. The van der Waals surface area contributed by atoms with Crippen LogP contribution in [0.5, 0.6) is 0 Å². The van der Waals surface area contributed by atoms with Gasteiger partial charge in [-0.15, -0.1) is 0 Å². The average molecular weight is 348 g/mol. The highest BCUT2D eigenvalue weighted by molar-refractivity contribution is 9.10. The molecule has 0 spiro atoms. The van der Waals surface area contributed by atoms with Gasteiger partial charge in [0.25, 0.3) is 0 Å². The van der Waals surface area contributed by atoms with E-state index < -0.39 is 0 Å². The van der Waals surface area contributed by atoms with E-state index in [1.165, 1.54) is 0 Å². The molecular weight excluding hydrogens is 330 g/mol. The summed E-state index contributed by atoms with van der Waals surface area (Å²) in [5.41, 5.74) is 3.04. The van der Waals surface area contributed by atoms with Gasteiger partial charge in [0.2, 0.25) is 0 Å². The molecule has 4 nitrogen and oxygen atoms in total.